The molecule has 0 spiro atoms. The normalized spacial score (nSPS) is 18.6. The van der Waals surface area contributed by atoms with Crippen molar-refractivity contribution in [2.45, 2.75) is 32.6 Å². The molecule has 1 aliphatic heterocycles. The first-order valence-electron chi connectivity index (χ1n) is 7.39. The van der Waals surface area contributed by atoms with E-state index >= 15 is 0 Å². The van der Waals surface area contributed by atoms with Crippen LogP contribution < -0.4 is 11.5 Å². The summed E-state index contributed by atoms with van der Waals surface area (Å²) in [7, 11) is 0. The molecule has 1 aromatic heterocycles. The number of likely N-dealkylation sites (tertiary alicyclic amines) is 1. The van der Waals surface area contributed by atoms with E-state index in [9.17, 15) is 0 Å². The molecule has 122 valence electrons. The summed E-state index contributed by atoms with van der Waals surface area (Å²) in [6, 6.07) is 2.06. The van der Waals surface area contributed by atoms with Crippen LogP contribution in [0.3, 0.4) is 0 Å². The van der Waals surface area contributed by atoms with Crippen molar-refractivity contribution in [3.8, 4) is 6.07 Å². The van der Waals surface area contributed by atoms with Gasteiger partial charge in [0.1, 0.15) is 11.6 Å². The SMILES string of the molecule is CC1CCCN(C(N)=NCCCc2[nH]nc(N)c2C#N)C1.I. The number of nitriles is 1. The molecule has 2 heterocycles. The molecule has 1 aromatic rings. The van der Waals surface area contributed by atoms with Crippen molar-refractivity contribution in [3.05, 3.63) is 11.3 Å². The Kier molecular flexibility index (Phi) is 7.44. The van der Waals surface area contributed by atoms with Crippen LogP contribution in [0.25, 0.3) is 0 Å². The van der Waals surface area contributed by atoms with Crippen LogP contribution in [-0.4, -0.2) is 40.7 Å². The first kappa shape index (κ1) is 18.5. The van der Waals surface area contributed by atoms with Gasteiger partial charge in [-0.05, 0) is 31.6 Å². The Balaban J connectivity index is 0.00000242. The monoisotopic (exact) mass is 417 g/mol. The van der Waals surface area contributed by atoms with Crippen LogP contribution in [0.4, 0.5) is 5.82 Å². The van der Waals surface area contributed by atoms with Crippen LogP contribution in [0.2, 0.25) is 0 Å². The number of anilines is 1. The fourth-order valence-electron chi connectivity index (χ4n) is 2.65. The lowest BCUT2D eigenvalue weighted by atomic mass is 10.0. The van der Waals surface area contributed by atoms with Gasteiger partial charge in [-0.3, -0.25) is 10.1 Å². The molecule has 7 nitrogen and oxygen atoms in total. The van der Waals surface area contributed by atoms with Crippen molar-refractivity contribution in [1.29, 1.82) is 5.26 Å². The predicted octanol–water partition coefficient (Wildman–Crippen LogP) is 1.46. The third kappa shape index (κ3) is 4.76. The highest BCUT2D eigenvalue weighted by Crippen LogP contribution is 2.15. The van der Waals surface area contributed by atoms with Gasteiger partial charge in [-0.15, -0.1) is 24.0 Å². The van der Waals surface area contributed by atoms with Gasteiger partial charge in [0.25, 0.3) is 0 Å². The van der Waals surface area contributed by atoms with Crippen molar-refractivity contribution in [3.63, 3.8) is 0 Å². The van der Waals surface area contributed by atoms with Crippen LogP contribution in [0.1, 0.15) is 37.4 Å². The maximum Gasteiger partial charge on any atom is 0.191 e. The second-order valence-electron chi connectivity index (χ2n) is 5.61. The van der Waals surface area contributed by atoms with Gasteiger partial charge in [0.05, 0.1) is 5.69 Å². The molecular formula is C14H24IN7. The standard InChI is InChI=1S/C14H23N7.HI/c1-10-4-3-7-21(9-10)14(17)18-6-2-5-12-11(8-15)13(16)20-19-12;/h10H,2-7,9H2,1H3,(H2,17,18)(H3,16,19,20);1H. The first-order valence-corrected chi connectivity index (χ1v) is 7.39. The van der Waals surface area contributed by atoms with Crippen molar-refractivity contribution >= 4 is 35.8 Å². The summed E-state index contributed by atoms with van der Waals surface area (Å²) in [5, 5.41) is 15.6. The Labute approximate surface area is 148 Å². The Morgan fingerprint density at radius 1 is 1.59 bits per heavy atom. The molecule has 1 saturated heterocycles. The van der Waals surface area contributed by atoms with Gasteiger partial charge in [0, 0.05) is 19.6 Å². The van der Waals surface area contributed by atoms with Gasteiger partial charge >= 0.3 is 0 Å². The summed E-state index contributed by atoms with van der Waals surface area (Å²) in [5.41, 5.74) is 12.8. The number of piperidine rings is 1. The molecule has 0 aliphatic carbocycles. The highest BCUT2D eigenvalue weighted by atomic mass is 127. The number of aromatic amines is 1. The van der Waals surface area contributed by atoms with E-state index in [1.54, 1.807) is 0 Å². The molecule has 0 radical (unpaired) electrons. The molecule has 0 bridgehead atoms. The highest BCUT2D eigenvalue weighted by molar-refractivity contribution is 14.0. The summed E-state index contributed by atoms with van der Waals surface area (Å²) in [4.78, 5) is 6.59. The van der Waals surface area contributed by atoms with E-state index < -0.39 is 0 Å². The van der Waals surface area contributed by atoms with E-state index in [0.29, 0.717) is 30.4 Å². The highest BCUT2D eigenvalue weighted by Gasteiger charge is 2.17. The van der Waals surface area contributed by atoms with E-state index in [2.05, 4.69) is 33.1 Å². The first-order chi connectivity index (χ1) is 10.1. The smallest absolute Gasteiger partial charge is 0.191 e. The van der Waals surface area contributed by atoms with E-state index in [1.165, 1.54) is 12.8 Å². The predicted molar refractivity (Wildman–Crippen MR) is 97.9 cm³/mol. The number of guanidine groups is 1. The molecule has 2 rings (SSSR count). The van der Waals surface area contributed by atoms with Gasteiger partial charge in [-0.1, -0.05) is 6.92 Å². The molecule has 1 atom stereocenters. The van der Waals surface area contributed by atoms with Crippen molar-refractivity contribution < 1.29 is 0 Å². The number of aliphatic imine (C=N–C) groups is 1. The van der Waals surface area contributed by atoms with E-state index in [0.717, 1.165) is 25.2 Å². The van der Waals surface area contributed by atoms with Crippen molar-refractivity contribution in [1.82, 2.24) is 15.1 Å². The summed E-state index contributed by atoms with van der Waals surface area (Å²) in [6.45, 7) is 4.87. The molecule has 0 amide bonds. The minimum absolute atomic E-state index is 0. The number of H-pyrrole nitrogens is 1. The number of halogens is 1. The zero-order chi connectivity index (χ0) is 15.2. The second kappa shape index (κ2) is 8.82. The van der Waals surface area contributed by atoms with Crippen LogP contribution in [-0.2, 0) is 6.42 Å². The van der Waals surface area contributed by atoms with Gasteiger partial charge in [-0.25, -0.2) is 0 Å². The fraction of sp³-hybridized carbons (Fsp3) is 0.643. The Morgan fingerprint density at radius 2 is 2.36 bits per heavy atom. The summed E-state index contributed by atoms with van der Waals surface area (Å²) in [5.74, 6) is 1.57. The second-order valence-corrected chi connectivity index (χ2v) is 5.61. The molecule has 5 N–H and O–H groups in total. The summed E-state index contributed by atoms with van der Waals surface area (Å²) >= 11 is 0. The minimum atomic E-state index is 0. The number of hydrogen-bond acceptors (Lipinski definition) is 4. The number of nitrogens with one attached hydrogen (secondary N) is 1. The number of nitrogen functional groups attached to an aromatic ring is 1. The maximum absolute atomic E-state index is 8.98. The van der Waals surface area contributed by atoms with E-state index in [1.807, 2.05) is 0 Å². The quantitative estimate of drug-likeness (QED) is 0.297. The molecule has 22 heavy (non-hydrogen) atoms. The van der Waals surface area contributed by atoms with Crippen molar-refractivity contribution in [2.75, 3.05) is 25.4 Å². The molecule has 1 fully saturated rings. The molecule has 8 heteroatoms. The lowest BCUT2D eigenvalue weighted by molar-refractivity contribution is 0.270. The largest absolute Gasteiger partial charge is 0.381 e. The number of nitrogens with zero attached hydrogens (tertiary/aromatic N) is 4. The molecule has 0 aromatic carbocycles. The Morgan fingerprint density at radius 3 is 3.05 bits per heavy atom. The zero-order valence-corrected chi connectivity index (χ0v) is 15.2. The number of aromatic nitrogens is 2. The van der Waals surface area contributed by atoms with E-state index in [-0.39, 0.29) is 29.8 Å². The zero-order valence-electron chi connectivity index (χ0n) is 12.9. The van der Waals surface area contributed by atoms with Crippen LogP contribution in [0.5, 0.6) is 0 Å². The Bertz CT molecular complexity index is 546. The average Bonchev–Trinajstić information content (AvgIpc) is 2.83. The van der Waals surface area contributed by atoms with Crippen LogP contribution in [0.15, 0.2) is 4.99 Å². The molecule has 1 aliphatic rings. The fourth-order valence-corrected chi connectivity index (χ4v) is 2.65. The number of rotatable bonds is 4. The van der Waals surface area contributed by atoms with Gasteiger partial charge < -0.3 is 16.4 Å². The lowest BCUT2D eigenvalue weighted by Crippen LogP contribution is -2.43. The third-order valence-corrected chi connectivity index (χ3v) is 3.82. The van der Waals surface area contributed by atoms with Gasteiger partial charge in [-0.2, -0.15) is 10.4 Å². The summed E-state index contributed by atoms with van der Waals surface area (Å²) < 4.78 is 0. The summed E-state index contributed by atoms with van der Waals surface area (Å²) in [6.07, 6.45) is 3.94. The Hall–Kier alpha value is -1.50. The minimum Gasteiger partial charge on any atom is -0.381 e. The van der Waals surface area contributed by atoms with Crippen LogP contribution >= 0.6 is 24.0 Å². The van der Waals surface area contributed by atoms with Gasteiger partial charge in [0.2, 0.25) is 0 Å². The maximum atomic E-state index is 8.98. The lowest BCUT2D eigenvalue weighted by Gasteiger charge is -2.31. The third-order valence-electron chi connectivity index (χ3n) is 3.82. The number of aryl methyl sites for hydroxylation is 1. The van der Waals surface area contributed by atoms with Gasteiger partial charge in [0.15, 0.2) is 11.8 Å². The molecular weight excluding hydrogens is 393 g/mol. The molecule has 1 unspecified atom stereocenters. The number of nitrogens with two attached hydrogens (primary N) is 2. The van der Waals surface area contributed by atoms with Crippen molar-refractivity contribution in [2.24, 2.45) is 16.6 Å². The molecule has 0 saturated carbocycles. The topological polar surface area (TPSA) is 120 Å². The van der Waals surface area contributed by atoms with E-state index in [4.69, 9.17) is 16.7 Å². The van der Waals surface area contributed by atoms with Crippen LogP contribution in [0, 0.1) is 17.2 Å². The average molecular weight is 417 g/mol. The number of hydrogen-bond donors (Lipinski definition) is 3.